The molecule has 0 aromatic carbocycles. The van der Waals surface area contributed by atoms with Gasteiger partial charge in [-0.05, 0) is 27.7 Å². The molecule has 4 rings (SSSR count). The molecule has 0 radical (unpaired) electrons. The molecule has 4 heterocycles. The zero-order chi connectivity index (χ0) is 19.1. The second-order valence-corrected chi connectivity index (χ2v) is 6.91. The molecule has 1 aliphatic heterocycles. The number of aryl methyl sites for hydroxylation is 4. The Bertz CT molecular complexity index is 978. The lowest BCUT2D eigenvalue weighted by molar-refractivity contribution is -0.131. The van der Waals surface area contributed by atoms with Crippen molar-refractivity contribution in [2.24, 2.45) is 0 Å². The SMILES string of the molecule is CCn1nc(-c2ncc(C)o2)c2c1CCN(C(=O)Cc1c(C)noc1C)C2. The molecule has 1 aliphatic rings. The Kier molecular flexibility index (Phi) is 4.33. The molecule has 0 aliphatic carbocycles. The molecule has 1 amide bonds. The minimum absolute atomic E-state index is 0.0637. The topological polar surface area (TPSA) is 90.2 Å². The fourth-order valence-electron chi connectivity index (χ4n) is 3.62. The number of carbonyl (C=O) groups is 1. The van der Waals surface area contributed by atoms with Gasteiger partial charge in [0, 0.05) is 42.9 Å². The minimum Gasteiger partial charge on any atom is -0.440 e. The van der Waals surface area contributed by atoms with Gasteiger partial charge in [-0.25, -0.2) is 4.98 Å². The summed E-state index contributed by atoms with van der Waals surface area (Å²) in [4.78, 5) is 19.1. The van der Waals surface area contributed by atoms with Gasteiger partial charge in [0.05, 0.1) is 18.3 Å². The van der Waals surface area contributed by atoms with Crippen molar-refractivity contribution in [2.75, 3.05) is 6.54 Å². The molecule has 0 atom stereocenters. The van der Waals surface area contributed by atoms with Crippen molar-refractivity contribution in [3.8, 4) is 11.6 Å². The lowest BCUT2D eigenvalue weighted by atomic mass is 10.0. The van der Waals surface area contributed by atoms with Gasteiger partial charge in [-0.15, -0.1) is 0 Å². The zero-order valence-corrected chi connectivity index (χ0v) is 16.1. The zero-order valence-electron chi connectivity index (χ0n) is 16.1. The summed E-state index contributed by atoms with van der Waals surface area (Å²) in [5.41, 5.74) is 4.56. The third kappa shape index (κ3) is 3.05. The lowest BCUT2D eigenvalue weighted by Gasteiger charge is -2.27. The first-order chi connectivity index (χ1) is 13.0. The molecule has 3 aromatic heterocycles. The van der Waals surface area contributed by atoms with Crippen LogP contribution < -0.4 is 0 Å². The van der Waals surface area contributed by atoms with E-state index < -0.39 is 0 Å². The third-order valence-electron chi connectivity index (χ3n) is 5.12. The normalized spacial score (nSPS) is 13.9. The number of aromatic nitrogens is 4. The predicted molar refractivity (Wildman–Crippen MR) is 96.9 cm³/mol. The molecule has 8 heteroatoms. The van der Waals surface area contributed by atoms with Crippen LogP contribution in [0.4, 0.5) is 0 Å². The van der Waals surface area contributed by atoms with Crippen LogP contribution in [0.15, 0.2) is 15.1 Å². The van der Waals surface area contributed by atoms with Crippen molar-refractivity contribution < 1.29 is 13.7 Å². The number of hydrogen-bond donors (Lipinski definition) is 0. The number of carbonyl (C=O) groups excluding carboxylic acids is 1. The van der Waals surface area contributed by atoms with Gasteiger partial charge in [-0.3, -0.25) is 9.48 Å². The Morgan fingerprint density at radius 3 is 2.74 bits per heavy atom. The van der Waals surface area contributed by atoms with Crippen molar-refractivity contribution in [2.45, 2.75) is 53.6 Å². The van der Waals surface area contributed by atoms with E-state index in [1.54, 1.807) is 6.20 Å². The second kappa shape index (κ2) is 6.68. The Morgan fingerprint density at radius 2 is 2.11 bits per heavy atom. The minimum atomic E-state index is 0.0637. The van der Waals surface area contributed by atoms with Crippen LogP contribution in [-0.2, 0) is 30.7 Å². The highest BCUT2D eigenvalue weighted by Crippen LogP contribution is 2.30. The molecule has 0 N–H and O–H groups in total. The third-order valence-corrected chi connectivity index (χ3v) is 5.12. The first-order valence-electron chi connectivity index (χ1n) is 9.18. The Labute approximate surface area is 157 Å². The van der Waals surface area contributed by atoms with Crippen molar-refractivity contribution in [1.82, 2.24) is 24.8 Å². The summed E-state index contributed by atoms with van der Waals surface area (Å²) in [6.07, 6.45) is 2.75. The van der Waals surface area contributed by atoms with Gasteiger partial charge in [0.2, 0.25) is 11.8 Å². The van der Waals surface area contributed by atoms with Gasteiger partial charge < -0.3 is 13.8 Å². The summed E-state index contributed by atoms with van der Waals surface area (Å²) in [6.45, 7) is 9.58. The highest BCUT2D eigenvalue weighted by atomic mass is 16.5. The van der Waals surface area contributed by atoms with Crippen LogP contribution in [0, 0.1) is 20.8 Å². The van der Waals surface area contributed by atoms with E-state index in [2.05, 4.69) is 22.2 Å². The quantitative estimate of drug-likeness (QED) is 0.702. The molecule has 0 saturated carbocycles. The maximum Gasteiger partial charge on any atom is 0.247 e. The number of nitrogens with zero attached hydrogens (tertiary/aromatic N) is 5. The van der Waals surface area contributed by atoms with E-state index in [0.717, 1.165) is 46.9 Å². The largest absolute Gasteiger partial charge is 0.440 e. The van der Waals surface area contributed by atoms with Crippen LogP contribution in [-0.4, -0.2) is 37.3 Å². The molecule has 0 saturated heterocycles. The first kappa shape index (κ1) is 17.5. The summed E-state index contributed by atoms with van der Waals surface area (Å²) in [6, 6.07) is 0. The molecule has 0 spiro atoms. The van der Waals surface area contributed by atoms with Crippen molar-refractivity contribution >= 4 is 5.91 Å². The molecule has 8 nitrogen and oxygen atoms in total. The van der Waals surface area contributed by atoms with E-state index in [0.29, 0.717) is 31.2 Å². The molecular weight excluding hydrogens is 346 g/mol. The molecule has 0 bridgehead atoms. The number of rotatable bonds is 4. The number of hydrogen-bond acceptors (Lipinski definition) is 6. The highest BCUT2D eigenvalue weighted by molar-refractivity contribution is 5.80. The van der Waals surface area contributed by atoms with Gasteiger partial charge in [0.25, 0.3) is 0 Å². The van der Waals surface area contributed by atoms with Gasteiger partial charge in [-0.2, -0.15) is 5.10 Å². The van der Waals surface area contributed by atoms with Crippen LogP contribution in [0.1, 0.15) is 41.0 Å². The molecule has 0 fully saturated rings. The van der Waals surface area contributed by atoms with Crippen LogP contribution >= 0.6 is 0 Å². The maximum atomic E-state index is 12.9. The van der Waals surface area contributed by atoms with Crippen LogP contribution in [0.5, 0.6) is 0 Å². The predicted octanol–water partition coefficient (Wildman–Crippen LogP) is 2.60. The maximum absolute atomic E-state index is 12.9. The monoisotopic (exact) mass is 369 g/mol. The van der Waals surface area contributed by atoms with E-state index in [4.69, 9.17) is 8.94 Å². The summed E-state index contributed by atoms with van der Waals surface area (Å²) in [5.74, 6) is 2.02. The Morgan fingerprint density at radius 1 is 1.30 bits per heavy atom. The second-order valence-electron chi connectivity index (χ2n) is 6.91. The van der Waals surface area contributed by atoms with Crippen LogP contribution in [0.2, 0.25) is 0 Å². The van der Waals surface area contributed by atoms with E-state index in [1.807, 2.05) is 30.4 Å². The van der Waals surface area contributed by atoms with Gasteiger partial charge in [0.1, 0.15) is 11.5 Å². The standard InChI is InChI=1S/C19H23N5O3/c1-5-24-16-6-7-23(17(25)8-14-12(3)22-27-13(14)4)10-15(16)18(21-24)19-20-9-11(2)26-19/h9H,5-8,10H2,1-4H3. The van der Waals surface area contributed by atoms with E-state index in [9.17, 15) is 4.79 Å². The van der Waals surface area contributed by atoms with Crippen molar-refractivity contribution in [3.05, 3.63) is 40.2 Å². The fourth-order valence-corrected chi connectivity index (χ4v) is 3.62. The van der Waals surface area contributed by atoms with E-state index in [-0.39, 0.29) is 5.91 Å². The summed E-state index contributed by atoms with van der Waals surface area (Å²) in [5, 5.41) is 8.63. The summed E-state index contributed by atoms with van der Waals surface area (Å²) in [7, 11) is 0. The summed E-state index contributed by atoms with van der Waals surface area (Å²) >= 11 is 0. The molecule has 142 valence electrons. The van der Waals surface area contributed by atoms with Gasteiger partial charge in [0.15, 0.2) is 5.69 Å². The van der Waals surface area contributed by atoms with Gasteiger partial charge >= 0.3 is 0 Å². The first-order valence-corrected chi connectivity index (χ1v) is 9.18. The highest BCUT2D eigenvalue weighted by Gasteiger charge is 2.30. The smallest absolute Gasteiger partial charge is 0.247 e. The Balaban J connectivity index is 1.62. The number of fused-ring (bicyclic) bond motifs is 1. The lowest BCUT2D eigenvalue weighted by Crippen LogP contribution is -2.37. The molecule has 3 aromatic rings. The number of amides is 1. The molecule has 0 unspecified atom stereocenters. The Hall–Kier alpha value is -2.90. The van der Waals surface area contributed by atoms with Gasteiger partial charge in [-0.1, -0.05) is 5.16 Å². The van der Waals surface area contributed by atoms with Crippen molar-refractivity contribution in [3.63, 3.8) is 0 Å². The van der Waals surface area contributed by atoms with E-state index >= 15 is 0 Å². The average molecular weight is 369 g/mol. The van der Waals surface area contributed by atoms with Crippen molar-refractivity contribution in [1.29, 1.82) is 0 Å². The average Bonchev–Trinajstić information content (AvgIpc) is 3.34. The summed E-state index contributed by atoms with van der Waals surface area (Å²) < 4.78 is 12.9. The van der Waals surface area contributed by atoms with Crippen LogP contribution in [0.3, 0.4) is 0 Å². The molecular formula is C19H23N5O3. The fraction of sp³-hybridized carbons (Fsp3) is 0.474. The molecule has 27 heavy (non-hydrogen) atoms. The van der Waals surface area contributed by atoms with E-state index in [1.165, 1.54) is 0 Å². The number of oxazole rings is 1. The van der Waals surface area contributed by atoms with Crippen LogP contribution in [0.25, 0.3) is 11.6 Å².